The molecule has 0 heterocycles. The maximum atomic E-state index is 5.71. The fourth-order valence-corrected chi connectivity index (χ4v) is 2.15. The van der Waals surface area contributed by atoms with Crippen LogP contribution in [0.1, 0.15) is 12.8 Å². The summed E-state index contributed by atoms with van der Waals surface area (Å²) < 4.78 is 1.63. The minimum Gasteiger partial charge on any atom is -0.314 e. The highest BCUT2D eigenvalue weighted by molar-refractivity contribution is 6.67. The molecule has 0 aromatic heterocycles. The first kappa shape index (κ1) is 16.8. The van der Waals surface area contributed by atoms with Crippen molar-refractivity contribution in [2.75, 3.05) is 13.1 Å². The quantitative estimate of drug-likeness (QED) is 0.156. The zero-order valence-corrected chi connectivity index (χ0v) is 11.0. The molecule has 0 aromatic rings. The fourth-order valence-electron chi connectivity index (χ4n) is 1.16. The van der Waals surface area contributed by atoms with Gasteiger partial charge in [0.2, 0.25) is 0 Å². The maximum Gasteiger partial charge on any atom is 0.360 e. The second kappa shape index (κ2) is 5.64. The van der Waals surface area contributed by atoms with Crippen molar-refractivity contribution in [1.82, 2.24) is 4.57 Å². The first-order chi connectivity index (χ1) is 7.31. The van der Waals surface area contributed by atoms with Gasteiger partial charge in [-0.15, -0.1) is 0 Å². The summed E-state index contributed by atoms with van der Waals surface area (Å²) in [6, 6.07) is 0. The van der Waals surface area contributed by atoms with Crippen LogP contribution < -0.4 is 50.6 Å². The first-order valence-corrected chi connectivity index (χ1v) is 7.34. The number of nitrogens with two attached hydrogens (primary N) is 9. The van der Waals surface area contributed by atoms with E-state index in [1.807, 2.05) is 0 Å². The van der Waals surface area contributed by atoms with Gasteiger partial charge in [-0.25, -0.2) is 0 Å². The van der Waals surface area contributed by atoms with E-state index < -0.39 is 20.3 Å². The highest BCUT2D eigenvalue weighted by Crippen LogP contribution is 2.01. The van der Waals surface area contributed by atoms with E-state index in [4.69, 9.17) is 50.6 Å². The van der Waals surface area contributed by atoms with Gasteiger partial charge in [0, 0.05) is 12.8 Å². The molecule has 17 heavy (non-hydrogen) atoms. The third kappa shape index (κ3) is 9.51. The molecule has 0 aliphatic heterocycles. The van der Waals surface area contributed by atoms with Crippen LogP contribution in [-0.2, 0) is 0 Å². The van der Waals surface area contributed by atoms with E-state index in [0.29, 0.717) is 13.1 Å². The van der Waals surface area contributed by atoms with Gasteiger partial charge < -0.3 is 50.6 Å². The van der Waals surface area contributed by atoms with Gasteiger partial charge in [0.15, 0.2) is 0 Å². The van der Waals surface area contributed by atoms with Gasteiger partial charge in [-0.3, -0.25) is 4.57 Å². The third-order valence-corrected chi connectivity index (χ3v) is 3.72. The molecule has 18 N–H and O–H groups in total. The number of hydrogen-bond acceptors (Lipinski definition) is 10. The van der Waals surface area contributed by atoms with Crippen LogP contribution in [0.5, 0.6) is 0 Å². The molecule has 0 aliphatic carbocycles. The van der Waals surface area contributed by atoms with Gasteiger partial charge in [0.1, 0.15) is 11.6 Å². The van der Waals surface area contributed by atoms with Crippen LogP contribution in [0.15, 0.2) is 0 Å². The molecule has 0 unspecified atom stereocenters. The summed E-state index contributed by atoms with van der Waals surface area (Å²) in [6.07, 6.45) is 0.556. The Hall–Kier alpha value is -0.183. The Kier molecular flexibility index (Phi) is 5.58. The van der Waals surface area contributed by atoms with E-state index >= 15 is 0 Å². The van der Waals surface area contributed by atoms with Crippen molar-refractivity contribution in [2.45, 2.75) is 24.4 Å². The Morgan fingerprint density at radius 2 is 1.00 bits per heavy atom. The molecule has 0 aliphatic rings. The molecule has 0 bridgehead atoms. The smallest absolute Gasteiger partial charge is 0.314 e. The van der Waals surface area contributed by atoms with Crippen LogP contribution in [0.3, 0.4) is 0 Å². The lowest BCUT2D eigenvalue weighted by molar-refractivity contribution is 0.298. The van der Waals surface area contributed by atoms with Crippen molar-refractivity contribution >= 4 is 8.72 Å². The van der Waals surface area contributed by atoms with Gasteiger partial charge in [0.25, 0.3) is 0 Å². The molecule has 0 atom stereocenters. The first-order valence-electron chi connectivity index (χ1n) is 5.16. The van der Waals surface area contributed by atoms with Crippen molar-refractivity contribution in [3.05, 3.63) is 0 Å². The lowest BCUT2D eigenvalue weighted by Gasteiger charge is -2.34. The number of rotatable bonds is 7. The van der Waals surface area contributed by atoms with Crippen LogP contribution in [0, 0.1) is 0 Å². The molecule has 104 valence electrons. The minimum atomic E-state index is -2.99. The largest absolute Gasteiger partial charge is 0.360 e. The Morgan fingerprint density at radius 1 is 0.706 bits per heavy atom. The number of nitrogens with zero attached hydrogens (tertiary/aromatic N) is 1. The van der Waals surface area contributed by atoms with Crippen LogP contribution in [0.4, 0.5) is 0 Å². The Labute approximate surface area is 102 Å². The highest BCUT2D eigenvalue weighted by atomic mass is 28.4. The van der Waals surface area contributed by atoms with Crippen LogP contribution >= 0.6 is 0 Å². The summed E-state index contributed by atoms with van der Waals surface area (Å²) in [5, 5.41) is 17.1. The van der Waals surface area contributed by atoms with E-state index in [9.17, 15) is 0 Å². The van der Waals surface area contributed by atoms with Crippen LogP contribution in [0.2, 0.25) is 0 Å². The van der Waals surface area contributed by atoms with E-state index in [2.05, 4.69) is 0 Å². The summed E-state index contributed by atoms with van der Waals surface area (Å²) in [4.78, 5) is 0. The van der Waals surface area contributed by atoms with Gasteiger partial charge in [0.05, 0.1) is 0 Å². The molecular weight excluding hydrogens is 240 g/mol. The van der Waals surface area contributed by atoms with Gasteiger partial charge >= 0.3 is 8.72 Å². The van der Waals surface area contributed by atoms with Crippen molar-refractivity contribution in [3.8, 4) is 0 Å². The molecule has 0 radical (unpaired) electrons. The van der Waals surface area contributed by atoms with Crippen molar-refractivity contribution in [3.63, 3.8) is 0 Å². The molecule has 0 rings (SSSR count). The normalized spacial score (nSPS) is 14.5. The molecule has 10 nitrogen and oxygen atoms in total. The molecular formula is C6H26N10Si. The summed E-state index contributed by atoms with van der Waals surface area (Å²) in [6.45, 7) is 0.713. The monoisotopic (exact) mass is 266 g/mol. The molecule has 0 fully saturated rings. The lowest BCUT2D eigenvalue weighted by Crippen LogP contribution is -2.77. The standard InChI is InChI=1S/C6H26N10Si/c7-5(8,9)1-3-16(17(13,14)15)4-2-6(10,11)12/h1-4,7-15H2. The van der Waals surface area contributed by atoms with Crippen molar-refractivity contribution in [2.24, 2.45) is 50.6 Å². The van der Waals surface area contributed by atoms with E-state index in [-0.39, 0.29) is 12.8 Å². The number of hydrogen-bond donors (Lipinski definition) is 9. The van der Waals surface area contributed by atoms with Crippen LogP contribution in [-0.4, -0.2) is 37.9 Å². The Balaban J connectivity index is 4.37. The topological polar surface area (TPSA) is 237 Å². The van der Waals surface area contributed by atoms with Crippen LogP contribution in [0.25, 0.3) is 0 Å². The molecule has 0 saturated heterocycles. The Morgan fingerprint density at radius 3 is 1.18 bits per heavy atom. The van der Waals surface area contributed by atoms with Crippen molar-refractivity contribution < 1.29 is 0 Å². The summed E-state index contributed by atoms with van der Waals surface area (Å²) in [7, 11) is -2.99. The SMILES string of the molecule is NC(N)(N)CCN(CCC(N)(N)N)[Si](N)(N)N. The molecule has 11 heteroatoms. The van der Waals surface area contributed by atoms with Gasteiger partial charge in [-0.05, 0) is 13.1 Å². The van der Waals surface area contributed by atoms with Gasteiger partial charge in [-0.1, -0.05) is 0 Å². The predicted molar refractivity (Wildman–Crippen MR) is 69.7 cm³/mol. The van der Waals surface area contributed by atoms with E-state index in [0.717, 1.165) is 0 Å². The summed E-state index contributed by atoms with van der Waals surface area (Å²) in [5.74, 6) is -2.60. The zero-order chi connectivity index (χ0) is 13.9. The molecule has 0 saturated carbocycles. The van der Waals surface area contributed by atoms with E-state index in [1.54, 1.807) is 4.57 Å². The highest BCUT2D eigenvalue weighted by Gasteiger charge is 2.30. The Bertz CT molecular complexity index is 206. The predicted octanol–water partition coefficient (Wildman–Crippen LogP) is -5.56. The van der Waals surface area contributed by atoms with E-state index in [1.165, 1.54) is 0 Å². The lowest BCUT2D eigenvalue weighted by atomic mass is 10.2. The molecule has 0 spiro atoms. The maximum absolute atomic E-state index is 5.71. The van der Waals surface area contributed by atoms with Crippen molar-refractivity contribution in [1.29, 1.82) is 0 Å². The summed E-state index contributed by atoms with van der Waals surface area (Å²) in [5.41, 5.74) is 32.7. The molecule has 0 aromatic carbocycles. The second-order valence-corrected chi connectivity index (χ2v) is 7.01. The minimum absolute atomic E-state index is 0.278. The average molecular weight is 266 g/mol. The fraction of sp³-hybridized carbons (Fsp3) is 1.00. The average Bonchev–Trinajstić information content (AvgIpc) is 1.96. The summed E-state index contributed by atoms with van der Waals surface area (Å²) >= 11 is 0. The second-order valence-electron chi connectivity index (χ2n) is 4.60. The molecule has 0 amide bonds. The van der Waals surface area contributed by atoms with Gasteiger partial charge in [-0.2, -0.15) is 0 Å². The third-order valence-electron chi connectivity index (χ3n) is 2.18. The zero-order valence-electron chi connectivity index (χ0n) is 9.97.